The van der Waals surface area contributed by atoms with Crippen molar-refractivity contribution < 1.29 is 13.2 Å². The highest BCUT2D eigenvalue weighted by atomic mass is 32.2. The minimum absolute atomic E-state index is 0.131. The monoisotopic (exact) mass is 474 g/mol. The van der Waals surface area contributed by atoms with Crippen LogP contribution in [0.5, 0.6) is 0 Å². The summed E-state index contributed by atoms with van der Waals surface area (Å²) in [4.78, 5) is 15.0. The molecule has 3 aromatic rings. The first-order chi connectivity index (χ1) is 14.9. The van der Waals surface area contributed by atoms with E-state index in [-0.39, 0.29) is 23.1 Å². The zero-order chi connectivity index (χ0) is 22.0. The fraction of sp³-hybridized carbons (Fsp3) is 0.286. The van der Waals surface area contributed by atoms with Crippen molar-refractivity contribution in [2.24, 2.45) is 0 Å². The van der Waals surface area contributed by atoms with E-state index in [0.717, 1.165) is 20.5 Å². The van der Waals surface area contributed by atoms with Gasteiger partial charge in [-0.15, -0.1) is 10.2 Å². The molecule has 0 aliphatic carbocycles. The van der Waals surface area contributed by atoms with E-state index in [1.807, 2.05) is 44.2 Å². The Hall–Kier alpha value is -2.27. The van der Waals surface area contributed by atoms with Crippen LogP contribution in [-0.4, -0.2) is 52.6 Å². The lowest BCUT2D eigenvalue weighted by Gasteiger charge is -2.30. The van der Waals surface area contributed by atoms with Crippen LogP contribution in [0, 0.1) is 13.8 Å². The predicted molar refractivity (Wildman–Crippen MR) is 121 cm³/mol. The molecule has 1 atom stereocenters. The van der Waals surface area contributed by atoms with Crippen LogP contribution in [-0.2, 0) is 14.8 Å². The number of aryl methyl sites for hydroxylation is 2. The zero-order valence-electron chi connectivity index (χ0n) is 17.1. The van der Waals surface area contributed by atoms with Gasteiger partial charge in [0.25, 0.3) is 0 Å². The number of benzene rings is 2. The topological polar surface area (TPSA) is 83.5 Å². The quantitative estimate of drug-likeness (QED) is 0.509. The number of hydrogen-bond acceptors (Lipinski definition) is 7. The summed E-state index contributed by atoms with van der Waals surface area (Å²) in [6.45, 7) is 4.35. The van der Waals surface area contributed by atoms with Gasteiger partial charge in [-0.1, -0.05) is 71.1 Å². The molecule has 10 heteroatoms. The van der Waals surface area contributed by atoms with E-state index in [1.165, 1.54) is 27.4 Å². The minimum atomic E-state index is -3.77. The van der Waals surface area contributed by atoms with E-state index < -0.39 is 16.2 Å². The normalized spacial score (nSPS) is 17.2. The lowest BCUT2D eigenvalue weighted by molar-refractivity contribution is -0.130. The number of aromatic nitrogens is 2. The second kappa shape index (κ2) is 9.07. The standard InChI is InChI=1S/C21H22N4O3S3/c1-15-8-10-18(11-9-15)31(27,28)25-13-12-24(20(25)17-6-4-3-5-7-17)19(26)14-29-21-23-22-16(2)30-21/h3-11,20H,12-14H2,1-2H3/t20-/m1/s1. The number of amides is 1. The van der Waals surface area contributed by atoms with Crippen LogP contribution < -0.4 is 0 Å². The number of carbonyl (C=O) groups excluding carboxylic acids is 1. The van der Waals surface area contributed by atoms with Crippen LogP contribution in [0.15, 0.2) is 63.8 Å². The number of thioether (sulfide) groups is 1. The predicted octanol–water partition coefficient (Wildman–Crippen LogP) is 3.48. The fourth-order valence-electron chi connectivity index (χ4n) is 3.48. The Morgan fingerprint density at radius 1 is 1.06 bits per heavy atom. The molecule has 2 heterocycles. The maximum atomic E-state index is 13.4. The van der Waals surface area contributed by atoms with Crippen LogP contribution in [0.25, 0.3) is 0 Å². The smallest absolute Gasteiger partial charge is 0.245 e. The molecule has 0 N–H and O–H groups in total. The molecule has 31 heavy (non-hydrogen) atoms. The first-order valence-electron chi connectivity index (χ1n) is 9.72. The van der Waals surface area contributed by atoms with E-state index in [1.54, 1.807) is 29.2 Å². The highest BCUT2D eigenvalue weighted by molar-refractivity contribution is 8.01. The third-order valence-electron chi connectivity index (χ3n) is 5.00. The van der Waals surface area contributed by atoms with Crippen LogP contribution in [0.1, 0.15) is 22.3 Å². The highest BCUT2D eigenvalue weighted by Gasteiger charge is 2.43. The molecule has 0 saturated carbocycles. The Balaban J connectivity index is 1.62. The molecular formula is C21H22N4O3S3. The molecule has 1 fully saturated rings. The lowest BCUT2D eigenvalue weighted by atomic mass is 10.1. The van der Waals surface area contributed by atoms with Crippen LogP contribution >= 0.6 is 23.1 Å². The van der Waals surface area contributed by atoms with Crippen LogP contribution in [0.3, 0.4) is 0 Å². The molecule has 4 rings (SSSR count). The van der Waals surface area contributed by atoms with Crippen molar-refractivity contribution in [2.45, 2.75) is 29.2 Å². The van der Waals surface area contributed by atoms with Crippen molar-refractivity contribution in [1.29, 1.82) is 0 Å². The molecule has 0 spiro atoms. The zero-order valence-corrected chi connectivity index (χ0v) is 19.6. The molecule has 0 unspecified atom stereocenters. The van der Waals surface area contributed by atoms with Gasteiger partial charge in [0.2, 0.25) is 15.9 Å². The lowest BCUT2D eigenvalue weighted by Crippen LogP contribution is -2.38. The van der Waals surface area contributed by atoms with Crippen molar-refractivity contribution >= 4 is 39.0 Å². The second-order valence-electron chi connectivity index (χ2n) is 7.18. The van der Waals surface area contributed by atoms with Crippen molar-refractivity contribution in [3.8, 4) is 0 Å². The molecule has 162 valence electrons. The van der Waals surface area contributed by atoms with Crippen molar-refractivity contribution in [3.05, 3.63) is 70.7 Å². The number of hydrogen-bond donors (Lipinski definition) is 0. The summed E-state index contributed by atoms with van der Waals surface area (Å²) in [7, 11) is -3.77. The number of rotatable bonds is 6. The van der Waals surface area contributed by atoms with Gasteiger partial charge in [0.05, 0.1) is 10.6 Å². The summed E-state index contributed by atoms with van der Waals surface area (Å²) in [5.41, 5.74) is 1.75. The van der Waals surface area contributed by atoms with Crippen LogP contribution in [0.2, 0.25) is 0 Å². The molecule has 2 aromatic carbocycles. The van der Waals surface area contributed by atoms with E-state index >= 15 is 0 Å². The SMILES string of the molecule is Cc1ccc(S(=O)(=O)N2CCN(C(=O)CSc3nnc(C)s3)[C@H]2c2ccccc2)cc1. The van der Waals surface area contributed by atoms with Gasteiger partial charge in [0.1, 0.15) is 11.2 Å². The average molecular weight is 475 g/mol. The third kappa shape index (κ3) is 4.67. The largest absolute Gasteiger partial charge is 0.320 e. The number of nitrogens with zero attached hydrogens (tertiary/aromatic N) is 4. The first-order valence-corrected chi connectivity index (χ1v) is 13.0. The first kappa shape index (κ1) is 21.9. The van der Waals surface area contributed by atoms with E-state index in [2.05, 4.69) is 10.2 Å². The molecule has 7 nitrogen and oxygen atoms in total. The Morgan fingerprint density at radius 3 is 2.42 bits per heavy atom. The molecular weight excluding hydrogens is 452 g/mol. The summed E-state index contributed by atoms with van der Waals surface area (Å²) in [6.07, 6.45) is -0.684. The Morgan fingerprint density at radius 2 is 1.77 bits per heavy atom. The molecule has 1 aliphatic rings. The van der Waals surface area contributed by atoms with Gasteiger partial charge in [0.15, 0.2) is 4.34 Å². The molecule has 1 amide bonds. The van der Waals surface area contributed by atoms with Gasteiger partial charge in [-0.2, -0.15) is 4.31 Å². The third-order valence-corrected chi connectivity index (χ3v) is 8.83. The summed E-state index contributed by atoms with van der Waals surface area (Å²) in [5.74, 6) is 0.0458. The maximum absolute atomic E-state index is 13.4. The summed E-state index contributed by atoms with van der Waals surface area (Å²) < 4.78 is 29.0. The van der Waals surface area contributed by atoms with Gasteiger partial charge >= 0.3 is 0 Å². The molecule has 0 radical (unpaired) electrons. The molecule has 1 aliphatic heterocycles. The summed E-state index contributed by atoms with van der Waals surface area (Å²) in [5, 5.41) is 8.86. The summed E-state index contributed by atoms with van der Waals surface area (Å²) in [6, 6.07) is 16.1. The van der Waals surface area contributed by atoms with Gasteiger partial charge in [-0.25, -0.2) is 8.42 Å². The van der Waals surface area contributed by atoms with E-state index in [9.17, 15) is 13.2 Å². The minimum Gasteiger partial charge on any atom is -0.320 e. The maximum Gasteiger partial charge on any atom is 0.245 e. The van der Waals surface area contributed by atoms with Gasteiger partial charge in [0, 0.05) is 13.1 Å². The van der Waals surface area contributed by atoms with Crippen molar-refractivity contribution in [2.75, 3.05) is 18.8 Å². The average Bonchev–Trinajstić information content (AvgIpc) is 3.40. The highest BCUT2D eigenvalue weighted by Crippen LogP contribution is 2.36. The van der Waals surface area contributed by atoms with Gasteiger partial charge in [-0.3, -0.25) is 4.79 Å². The van der Waals surface area contributed by atoms with E-state index in [0.29, 0.717) is 6.54 Å². The Labute approximate surface area is 190 Å². The second-order valence-corrected chi connectivity index (χ2v) is 11.5. The molecule has 1 aromatic heterocycles. The Bertz CT molecular complexity index is 1160. The van der Waals surface area contributed by atoms with Crippen molar-refractivity contribution in [3.63, 3.8) is 0 Å². The number of sulfonamides is 1. The molecule has 0 bridgehead atoms. The van der Waals surface area contributed by atoms with E-state index in [4.69, 9.17) is 0 Å². The van der Waals surface area contributed by atoms with Gasteiger partial charge in [-0.05, 0) is 31.5 Å². The molecule has 1 saturated heterocycles. The fourth-order valence-corrected chi connectivity index (χ4v) is 6.75. The van der Waals surface area contributed by atoms with Crippen molar-refractivity contribution in [1.82, 2.24) is 19.4 Å². The number of carbonyl (C=O) groups is 1. The summed E-state index contributed by atoms with van der Waals surface area (Å²) >= 11 is 2.76. The van der Waals surface area contributed by atoms with Crippen LogP contribution in [0.4, 0.5) is 0 Å². The Kier molecular flexibility index (Phi) is 6.42. The van der Waals surface area contributed by atoms with Gasteiger partial charge < -0.3 is 4.90 Å².